The lowest BCUT2D eigenvalue weighted by Gasteiger charge is -2.07. The number of carbonyl (C=O) groups is 1. The van der Waals surface area contributed by atoms with Gasteiger partial charge in [0.05, 0.1) is 12.5 Å². The number of tetrazole rings is 1. The van der Waals surface area contributed by atoms with Crippen LogP contribution in [-0.2, 0) is 11.3 Å². The van der Waals surface area contributed by atoms with Crippen molar-refractivity contribution in [3.63, 3.8) is 0 Å². The lowest BCUT2D eigenvalue weighted by molar-refractivity contribution is -0.141. The summed E-state index contributed by atoms with van der Waals surface area (Å²) in [5, 5.41) is 20.0. The first-order valence-corrected chi connectivity index (χ1v) is 5.08. The summed E-state index contributed by atoms with van der Waals surface area (Å²) in [6.45, 7) is 1.84. The van der Waals surface area contributed by atoms with Crippen molar-refractivity contribution in [2.45, 2.75) is 13.5 Å². The van der Waals surface area contributed by atoms with Gasteiger partial charge in [-0.15, -0.1) is 5.10 Å². The van der Waals surface area contributed by atoms with Gasteiger partial charge in [-0.05, 0) is 22.6 Å². The van der Waals surface area contributed by atoms with E-state index in [0.29, 0.717) is 5.82 Å². The van der Waals surface area contributed by atoms with Crippen LogP contribution < -0.4 is 0 Å². The van der Waals surface area contributed by atoms with Crippen molar-refractivity contribution in [3.05, 3.63) is 24.5 Å². The second kappa shape index (κ2) is 4.69. The van der Waals surface area contributed by atoms with Crippen LogP contribution in [0.5, 0.6) is 0 Å². The van der Waals surface area contributed by atoms with Gasteiger partial charge in [-0.1, -0.05) is 6.92 Å². The lowest BCUT2D eigenvalue weighted by Crippen LogP contribution is -2.18. The van der Waals surface area contributed by atoms with Crippen LogP contribution in [0.3, 0.4) is 0 Å². The fourth-order valence-electron chi connectivity index (χ4n) is 1.37. The molecule has 88 valence electrons. The normalized spacial score (nSPS) is 12.3. The van der Waals surface area contributed by atoms with E-state index in [1.54, 1.807) is 25.4 Å². The van der Waals surface area contributed by atoms with Gasteiger partial charge in [-0.25, -0.2) is 4.68 Å². The highest BCUT2D eigenvalue weighted by Crippen LogP contribution is 2.14. The zero-order valence-electron chi connectivity index (χ0n) is 9.19. The van der Waals surface area contributed by atoms with E-state index in [0.717, 1.165) is 5.56 Å². The number of nitrogens with zero attached hydrogens (tertiary/aromatic N) is 5. The molecule has 0 amide bonds. The van der Waals surface area contributed by atoms with Gasteiger partial charge in [0.1, 0.15) is 0 Å². The summed E-state index contributed by atoms with van der Waals surface area (Å²) in [7, 11) is 0. The third-order valence-electron chi connectivity index (χ3n) is 2.32. The topological polar surface area (TPSA) is 93.8 Å². The molecule has 0 bridgehead atoms. The molecular weight excluding hydrogens is 222 g/mol. The van der Waals surface area contributed by atoms with Gasteiger partial charge in [0.15, 0.2) is 5.82 Å². The summed E-state index contributed by atoms with van der Waals surface area (Å²) < 4.78 is 1.47. The summed E-state index contributed by atoms with van der Waals surface area (Å²) in [6.07, 6.45) is 3.28. The Kier molecular flexibility index (Phi) is 3.08. The van der Waals surface area contributed by atoms with E-state index in [1.807, 2.05) is 6.07 Å². The predicted molar refractivity (Wildman–Crippen MR) is 57.8 cm³/mol. The van der Waals surface area contributed by atoms with Crippen molar-refractivity contribution < 1.29 is 9.90 Å². The lowest BCUT2D eigenvalue weighted by atomic mass is 10.2. The summed E-state index contributed by atoms with van der Waals surface area (Å²) in [5.74, 6) is -0.905. The number of hydrogen-bond acceptors (Lipinski definition) is 5. The molecular formula is C10H11N5O2. The minimum atomic E-state index is -0.877. The van der Waals surface area contributed by atoms with Crippen LogP contribution in [0.25, 0.3) is 11.4 Å². The van der Waals surface area contributed by atoms with Gasteiger partial charge in [0, 0.05) is 18.0 Å². The molecule has 0 saturated carbocycles. The number of aromatic nitrogens is 5. The molecule has 2 aromatic heterocycles. The third kappa shape index (κ3) is 2.44. The molecule has 2 heterocycles. The minimum Gasteiger partial charge on any atom is -0.481 e. The number of rotatable bonds is 4. The Labute approximate surface area is 97.1 Å². The Morgan fingerprint density at radius 1 is 1.59 bits per heavy atom. The van der Waals surface area contributed by atoms with E-state index in [2.05, 4.69) is 20.5 Å². The second-order valence-electron chi connectivity index (χ2n) is 3.67. The molecule has 0 fully saturated rings. The van der Waals surface area contributed by atoms with Crippen molar-refractivity contribution in [3.8, 4) is 11.4 Å². The minimum absolute atomic E-state index is 0.229. The highest BCUT2D eigenvalue weighted by Gasteiger charge is 2.16. The highest BCUT2D eigenvalue weighted by atomic mass is 16.4. The van der Waals surface area contributed by atoms with Crippen molar-refractivity contribution in [1.29, 1.82) is 0 Å². The third-order valence-corrected chi connectivity index (χ3v) is 2.32. The summed E-state index contributed by atoms with van der Waals surface area (Å²) >= 11 is 0. The summed E-state index contributed by atoms with van der Waals surface area (Å²) in [4.78, 5) is 14.7. The average Bonchev–Trinajstić information content (AvgIpc) is 2.78. The Bertz CT molecular complexity index is 510. The first-order valence-electron chi connectivity index (χ1n) is 5.08. The SMILES string of the molecule is CC(Cn1nnnc1-c1cccnc1)C(=O)O. The van der Waals surface area contributed by atoms with Gasteiger partial charge in [0.2, 0.25) is 0 Å². The van der Waals surface area contributed by atoms with Crippen LogP contribution in [0.2, 0.25) is 0 Å². The maximum absolute atomic E-state index is 10.8. The van der Waals surface area contributed by atoms with E-state index in [-0.39, 0.29) is 6.54 Å². The molecule has 17 heavy (non-hydrogen) atoms. The molecule has 7 nitrogen and oxygen atoms in total. The first-order chi connectivity index (χ1) is 8.18. The van der Waals surface area contributed by atoms with Gasteiger partial charge < -0.3 is 5.11 Å². The van der Waals surface area contributed by atoms with E-state index in [9.17, 15) is 4.79 Å². The molecule has 0 saturated heterocycles. The predicted octanol–water partition coefficient (Wildman–Crippen LogP) is 0.456. The van der Waals surface area contributed by atoms with Gasteiger partial charge in [0.25, 0.3) is 0 Å². The molecule has 2 aromatic rings. The first kappa shape index (κ1) is 11.2. The number of hydrogen-bond donors (Lipinski definition) is 1. The average molecular weight is 233 g/mol. The molecule has 0 aliphatic carbocycles. The molecule has 0 aliphatic rings. The Hall–Kier alpha value is -2.31. The maximum Gasteiger partial charge on any atom is 0.308 e. The molecule has 1 N–H and O–H groups in total. The van der Waals surface area contributed by atoms with Crippen molar-refractivity contribution in [2.75, 3.05) is 0 Å². The number of pyridine rings is 1. The van der Waals surface area contributed by atoms with Crippen molar-refractivity contribution in [2.24, 2.45) is 5.92 Å². The van der Waals surface area contributed by atoms with E-state index in [1.165, 1.54) is 4.68 Å². The quantitative estimate of drug-likeness (QED) is 0.824. The van der Waals surface area contributed by atoms with Gasteiger partial charge >= 0.3 is 5.97 Å². The van der Waals surface area contributed by atoms with Crippen LogP contribution in [-0.4, -0.2) is 36.3 Å². The van der Waals surface area contributed by atoms with E-state index < -0.39 is 11.9 Å². The van der Waals surface area contributed by atoms with Crippen LogP contribution in [0.15, 0.2) is 24.5 Å². The summed E-state index contributed by atoms with van der Waals surface area (Å²) in [5.41, 5.74) is 0.759. The molecule has 1 unspecified atom stereocenters. The largest absolute Gasteiger partial charge is 0.481 e. The molecule has 7 heteroatoms. The fraction of sp³-hybridized carbons (Fsp3) is 0.300. The Balaban J connectivity index is 2.26. The molecule has 0 aliphatic heterocycles. The van der Waals surface area contributed by atoms with Crippen LogP contribution in [0.4, 0.5) is 0 Å². The zero-order chi connectivity index (χ0) is 12.3. The zero-order valence-corrected chi connectivity index (χ0v) is 9.19. The maximum atomic E-state index is 10.8. The number of carboxylic acids is 1. The molecule has 0 radical (unpaired) electrons. The monoisotopic (exact) mass is 233 g/mol. The molecule has 0 aromatic carbocycles. The van der Waals surface area contributed by atoms with Crippen molar-refractivity contribution >= 4 is 5.97 Å². The smallest absolute Gasteiger partial charge is 0.308 e. The molecule has 0 spiro atoms. The van der Waals surface area contributed by atoms with Crippen LogP contribution in [0, 0.1) is 5.92 Å². The Morgan fingerprint density at radius 3 is 3.06 bits per heavy atom. The van der Waals surface area contributed by atoms with E-state index in [4.69, 9.17) is 5.11 Å². The van der Waals surface area contributed by atoms with E-state index >= 15 is 0 Å². The highest BCUT2D eigenvalue weighted by molar-refractivity contribution is 5.69. The summed E-state index contributed by atoms with van der Waals surface area (Å²) in [6, 6.07) is 3.59. The van der Waals surface area contributed by atoms with Crippen LogP contribution in [0.1, 0.15) is 6.92 Å². The standard InChI is InChI=1S/C10H11N5O2/c1-7(10(16)17)6-15-9(12-13-14-15)8-3-2-4-11-5-8/h2-5,7H,6H2,1H3,(H,16,17). The fourth-order valence-corrected chi connectivity index (χ4v) is 1.37. The van der Waals surface area contributed by atoms with Gasteiger partial charge in [-0.2, -0.15) is 0 Å². The number of aliphatic carboxylic acids is 1. The Morgan fingerprint density at radius 2 is 2.41 bits per heavy atom. The van der Waals surface area contributed by atoms with Crippen LogP contribution >= 0.6 is 0 Å². The molecule has 2 rings (SSSR count). The van der Waals surface area contributed by atoms with Crippen molar-refractivity contribution in [1.82, 2.24) is 25.2 Å². The van der Waals surface area contributed by atoms with Gasteiger partial charge in [-0.3, -0.25) is 9.78 Å². The molecule has 1 atom stereocenters. The second-order valence-corrected chi connectivity index (χ2v) is 3.67. The number of carboxylic acid groups (broad SMARTS) is 1.